The minimum atomic E-state index is -0.0726. The number of carbonyl (C=O) groups is 1. The lowest BCUT2D eigenvalue weighted by Crippen LogP contribution is -2.49. The molecule has 0 unspecified atom stereocenters. The van der Waals surface area contributed by atoms with E-state index in [1.54, 1.807) is 0 Å². The van der Waals surface area contributed by atoms with Crippen LogP contribution in [0.5, 0.6) is 0 Å². The van der Waals surface area contributed by atoms with Gasteiger partial charge < -0.3 is 10.6 Å². The number of hydrogen-bond acceptors (Lipinski definition) is 2. The molecule has 0 aromatic heterocycles. The van der Waals surface area contributed by atoms with Gasteiger partial charge in [-0.15, -0.1) is 0 Å². The predicted octanol–water partition coefficient (Wildman–Crippen LogP) is 2.01. The van der Waals surface area contributed by atoms with Gasteiger partial charge in [0, 0.05) is 12.6 Å². The summed E-state index contributed by atoms with van der Waals surface area (Å²) in [6, 6.07) is 8.60. The Balaban J connectivity index is 1.56. The monoisotopic (exact) mass is 258 g/mol. The molecule has 1 fully saturated rings. The first-order valence-corrected chi connectivity index (χ1v) is 7.33. The van der Waals surface area contributed by atoms with E-state index in [9.17, 15) is 4.79 Å². The van der Waals surface area contributed by atoms with Gasteiger partial charge in [-0.3, -0.25) is 4.79 Å². The van der Waals surface area contributed by atoms with Crippen LogP contribution in [-0.2, 0) is 17.8 Å². The zero-order valence-electron chi connectivity index (χ0n) is 11.5. The maximum Gasteiger partial charge on any atom is 0.237 e. The Labute approximate surface area is 114 Å². The van der Waals surface area contributed by atoms with Gasteiger partial charge in [-0.25, -0.2) is 0 Å². The van der Waals surface area contributed by atoms with Crippen LogP contribution in [0.4, 0.5) is 0 Å². The van der Waals surface area contributed by atoms with Gasteiger partial charge in [-0.05, 0) is 36.8 Å². The van der Waals surface area contributed by atoms with Crippen molar-refractivity contribution in [3.8, 4) is 0 Å². The maximum absolute atomic E-state index is 12.2. The van der Waals surface area contributed by atoms with Gasteiger partial charge in [0.1, 0.15) is 0 Å². The van der Waals surface area contributed by atoms with Crippen LogP contribution < -0.4 is 10.6 Å². The molecule has 1 aromatic rings. The largest absolute Gasteiger partial charge is 0.352 e. The van der Waals surface area contributed by atoms with E-state index < -0.39 is 0 Å². The topological polar surface area (TPSA) is 41.1 Å². The van der Waals surface area contributed by atoms with E-state index in [1.807, 2.05) is 0 Å². The molecule has 0 saturated heterocycles. The van der Waals surface area contributed by atoms with Gasteiger partial charge in [-0.1, -0.05) is 37.1 Å². The quantitative estimate of drug-likeness (QED) is 0.867. The van der Waals surface area contributed by atoms with Crippen molar-refractivity contribution in [2.75, 3.05) is 0 Å². The summed E-state index contributed by atoms with van der Waals surface area (Å²) in [6.07, 6.45) is 4.62. The minimum Gasteiger partial charge on any atom is -0.352 e. The summed E-state index contributed by atoms with van der Waals surface area (Å²) < 4.78 is 0. The molecule has 1 aliphatic carbocycles. The number of benzene rings is 1. The van der Waals surface area contributed by atoms with Crippen LogP contribution in [0, 0.1) is 5.92 Å². The predicted molar refractivity (Wildman–Crippen MR) is 75.7 cm³/mol. The van der Waals surface area contributed by atoms with Crippen molar-refractivity contribution in [2.24, 2.45) is 5.92 Å². The standard InChI is InChI=1S/C16H22N2O/c1-11(8-12-6-7-12)18-16(19)15-9-13-4-2-3-5-14(13)10-17-15/h2-5,11-12,15,17H,6-10H2,1H3,(H,18,19)/t11-,15+/m1/s1. The van der Waals surface area contributed by atoms with Gasteiger partial charge in [0.2, 0.25) is 5.91 Å². The Hall–Kier alpha value is -1.35. The van der Waals surface area contributed by atoms with Gasteiger partial charge in [0.25, 0.3) is 0 Å². The summed E-state index contributed by atoms with van der Waals surface area (Å²) in [6.45, 7) is 2.91. The van der Waals surface area contributed by atoms with Gasteiger partial charge in [0.05, 0.1) is 6.04 Å². The van der Waals surface area contributed by atoms with E-state index in [0.29, 0.717) is 6.04 Å². The molecular formula is C16H22N2O. The smallest absolute Gasteiger partial charge is 0.237 e. The summed E-state index contributed by atoms with van der Waals surface area (Å²) in [5.74, 6) is 1.01. The molecular weight excluding hydrogens is 236 g/mol. The first kappa shape index (κ1) is 12.7. The summed E-state index contributed by atoms with van der Waals surface area (Å²) in [5.41, 5.74) is 2.62. The molecule has 1 amide bonds. The second kappa shape index (κ2) is 5.33. The van der Waals surface area contributed by atoms with Crippen molar-refractivity contribution >= 4 is 5.91 Å². The molecule has 2 aliphatic rings. The fourth-order valence-corrected chi connectivity index (χ4v) is 2.90. The van der Waals surface area contributed by atoms with Crippen molar-refractivity contribution in [3.05, 3.63) is 35.4 Å². The lowest BCUT2D eigenvalue weighted by atomic mass is 9.95. The Morgan fingerprint density at radius 2 is 2.11 bits per heavy atom. The molecule has 0 radical (unpaired) electrons. The number of rotatable bonds is 4. The lowest BCUT2D eigenvalue weighted by Gasteiger charge is -2.26. The van der Waals surface area contributed by atoms with Crippen LogP contribution in [0.25, 0.3) is 0 Å². The van der Waals surface area contributed by atoms with Crippen molar-refractivity contribution in [1.82, 2.24) is 10.6 Å². The first-order chi connectivity index (χ1) is 9.22. The summed E-state index contributed by atoms with van der Waals surface area (Å²) in [5, 5.41) is 6.49. The second-order valence-corrected chi connectivity index (χ2v) is 6.00. The highest BCUT2D eigenvalue weighted by Crippen LogP contribution is 2.33. The molecule has 19 heavy (non-hydrogen) atoms. The Kier molecular flexibility index (Phi) is 3.56. The highest BCUT2D eigenvalue weighted by Gasteiger charge is 2.27. The Morgan fingerprint density at radius 3 is 2.84 bits per heavy atom. The lowest BCUT2D eigenvalue weighted by molar-refractivity contribution is -0.124. The van der Waals surface area contributed by atoms with E-state index in [4.69, 9.17) is 0 Å². The SMILES string of the molecule is C[C@H](CC1CC1)NC(=O)[C@@H]1Cc2ccccc2CN1. The van der Waals surface area contributed by atoms with Crippen molar-refractivity contribution in [3.63, 3.8) is 0 Å². The van der Waals surface area contributed by atoms with Gasteiger partial charge >= 0.3 is 0 Å². The summed E-state index contributed by atoms with van der Waals surface area (Å²) in [7, 11) is 0. The van der Waals surface area contributed by atoms with Crippen LogP contribution in [-0.4, -0.2) is 18.0 Å². The Bertz CT molecular complexity index is 468. The molecule has 102 valence electrons. The zero-order valence-corrected chi connectivity index (χ0v) is 11.5. The fourth-order valence-electron chi connectivity index (χ4n) is 2.90. The number of hydrogen-bond donors (Lipinski definition) is 2. The molecule has 3 heteroatoms. The number of carbonyl (C=O) groups excluding carboxylic acids is 1. The third kappa shape index (κ3) is 3.16. The fraction of sp³-hybridized carbons (Fsp3) is 0.562. The van der Waals surface area contributed by atoms with E-state index in [-0.39, 0.29) is 11.9 Å². The second-order valence-electron chi connectivity index (χ2n) is 6.00. The first-order valence-electron chi connectivity index (χ1n) is 7.33. The van der Waals surface area contributed by atoms with Crippen molar-refractivity contribution < 1.29 is 4.79 Å². The molecule has 0 bridgehead atoms. The molecule has 3 nitrogen and oxygen atoms in total. The average Bonchev–Trinajstić information content (AvgIpc) is 3.21. The van der Waals surface area contributed by atoms with Crippen LogP contribution >= 0.6 is 0 Å². The van der Waals surface area contributed by atoms with Crippen LogP contribution in [0.3, 0.4) is 0 Å². The molecule has 2 atom stereocenters. The van der Waals surface area contributed by atoms with E-state index in [1.165, 1.54) is 24.0 Å². The minimum absolute atomic E-state index is 0.0726. The molecule has 3 rings (SSSR count). The van der Waals surface area contributed by atoms with E-state index >= 15 is 0 Å². The van der Waals surface area contributed by atoms with E-state index in [2.05, 4.69) is 41.8 Å². The summed E-state index contributed by atoms with van der Waals surface area (Å²) in [4.78, 5) is 12.2. The number of amides is 1. The van der Waals surface area contributed by atoms with Gasteiger partial charge in [-0.2, -0.15) is 0 Å². The third-order valence-electron chi connectivity index (χ3n) is 4.17. The van der Waals surface area contributed by atoms with E-state index in [0.717, 1.165) is 25.3 Å². The third-order valence-corrected chi connectivity index (χ3v) is 4.17. The summed E-state index contributed by atoms with van der Waals surface area (Å²) >= 11 is 0. The Morgan fingerprint density at radius 1 is 1.37 bits per heavy atom. The molecule has 1 heterocycles. The normalized spacial score (nSPS) is 23.5. The molecule has 2 N–H and O–H groups in total. The molecule has 1 saturated carbocycles. The van der Waals surface area contributed by atoms with Gasteiger partial charge in [0.15, 0.2) is 0 Å². The highest BCUT2D eigenvalue weighted by atomic mass is 16.2. The molecule has 0 spiro atoms. The average molecular weight is 258 g/mol. The van der Waals surface area contributed by atoms with Crippen LogP contribution in [0.1, 0.15) is 37.3 Å². The van der Waals surface area contributed by atoms with Crippen LogP contribution in [0.2, 0.25) is 0 Å². The van der Waals surface area contributed by atoms with Crippen molar-refractivity contribution in [1.29, 1.82) is 0 Å². The zero-order chi connectivity index (χ0) is 13.2. The molecule has 1 aliphatic heterocycles. The molecule has 1 aromatic carbocycles. The maximum atomic E-state index is 12.2. The number of nitrogens with one attached hydrogen (secondary N) is 2. The van der Waals surface area contributed by atoms with Crippen molar-refractivity contribution in [2.45, 2.75) is 51.2 Å². The van der Waals surface area contributed by atoms with Crippen LogP contribution in [0.15, 0.2) is 24.3 Å². The number of fused-ring (bicyclic) bond motifs is 1. The highest BCUT2D eigenvalue weighted by molar-refractivity contribution is 5.82.